The Hall–Kier alpha value is -2.90. The van der Waals surface area contributed by atoms with E-state index in [0.717, 1.165) is 18.7 Å². The second-order valence-corrected chi connectivity index (χ2v) is 8.07. The Morgan fingerprint density at radius 3 is 1.82 bits per heavy atom. The van der Waals surface area contributed by atoms with Gasteiger partial charge in [-0.25, -0.2) is 0 Å². The third-order valence-electron chi connectivity index (χ3n) is 4.41. The van der Waals surface area contributed by atoms with Crippen molar-refractivity contribution in [2.45, 2.75) is 19.5 Å². The molecule has 0 radical (unpaired) electrons. The minimum Gasteiger partial charge on any atom is -0.289 e. The summed E-state index contributed by atoms with van der Waals surface area (Å²) < 4.78 is 34.4. The molecule has 6 nitrogen and oxygen atoms in total. The average molecular weight is 398 g/mol. The van der Waals surface area contributed by atoms with Crippen molar-refractivity contribution in [3.63, 3.8) is 0 Å². The number of hydrogen-bond acceptors (Lipinski definition) is 3. The fourth-order valence-electron chi connectivity index (χ4n) is 2.80. The monoisotopic (exact) mass is 398 g/mol. The van der Waals surface area contributed by atoms with Crippen molar-refractivity contribution in [2.75, 3.05) is 5.75 Å². The van der Waals surface area contributed by atoms with Gasteiger partial charge in [-0.2, -0.15) is 17.6 Å². The largest absolute Gasteiger partial charge is 0.289 e. The lowest BCUT2D eigenvalue weighted by Crippen LogP contribution is -2.43. The smallest absolute Gasteiger partial charge is 0.265 e. The summed E-state index contributed by atoms with van der Waals surface area (Å²) in [5.74, 6) is -0.274. The van der Waals surface area contributed by atoms with Crippen molar-refractivity contribution in [1.29, 1.82) is 0 Å². The highest BCUT2D eigenvalue weighted by atomic mass is 32.2. The number of ketones is 1. The first-order valence-electron chi connectivity index (χ1n) is 8.93. The lowest BCUT2D eigenvalue weighted by Gasteiger charge is -2.01. The SMILES string of the molecule is O=C(c1ccccc1)c1cc[n+](CC[n+]2ccc(CCS(=O)(=O)O)cc2)cc1. The van der Waals surface area contributed by atoms with Gasteiger partial charge >= 0.3 is 0 Å². The molecule has 2 aromatic heterocycles. The van der Waals surface area contributed by atoms with E-state index in [1.54, 1.807) is 12.1 Å². The van der Waals surface area contributed by atoms with E-state index in [9.17, 15) is 13.2 Å². The molecule has 0 aliphatic rings. The lowest BCUT2D eigenvalue weighted by atomic mass is 10.0. The molecule has 0 spiro atoms. The molecule has 144 valence electrons. The van der Waals surface area contributed by atoms with Crippen LogP contribution in [0.1, 0.15) is 21.5 Å². The number of benzene rings is 1. The summed E-state index contributed by atoms with van der Waals surface area (Å²) in [6.07, 6.45) is 7.82. The van der Waals surface area contributed by atoms with Crippen molar-refractivity contribution in [1.82, 2.24) is 0 Å². The molecule has 0 aliphatic heterocycles. The van der Waals surface area contributed by atoms with Crippen molar-refractivity contribution in [3.05, 3.63) is 96.1 Å². The average Bonchev–Trinajstić information content (AvgIpc) is 2.71. The van der Waals surface area contributed by atoms with E-state index < -0.39 is 10.1 Å². The molecule has 7 heteroatoms. The van der Waals surface area contributed by atoms with Crippen molar-refractivity contribution in [2.24, 2.45) is 0 Å². The predicted octanol–water partition coefficient (Wildman–Crippen LogP) is 1.62. The van der Waals surface area contributed by atoms with E-state index in [2.05, 4.69) is 0 Å². The summed E-state index contributed by atoms with van der Waals surface area (Å²) in [6.45, 7) is 1.46. The standard InChI is InChI=1S/C21H21N2O4S/c24-21(19-4-2-1-3-5-19)20-8-13-23(14-9-20)16-15-22-11-6-18(7-12-22)10-17-28(25,26)27/h1-9,11-14H,10,15-17H2/q+1/p+1. The zero-order valence-corrected chi connectivity index (χ0v) is 16.1. The van der Waals surface area contributed by atoms with Crippen LogP contribution in [-0.2, 0) is 29.6 Å². The number of carbonyl (C=O) groups is 1. The molecule has 0 saturated heterocycles. The van der Waals surface area contributed by atoms with Crippen molar-refractivity contribution in [3.8, 4) is 0 Å². The van der Waals surface area contributed by atoms with E-state index in [1.807, 2.05) is 76.4 Å². The third kappa shape index (κ3) is 5.80. The first-order valence-corrected chi connectivity index (χ1v) is 10.5. The minimum absolute atomic E-state index is 0.00241. The zero-order chi connectivity index (χ0) is 20.0. The number of aryl methyl sites for hydroxylation is 3. The van der Waals surface area contributed by atoms with E-state index in [-0.39, 0.29) is 18.0 Å². The van der Waals surface area contributed by atoms with E-state index >= 15 is 0 Å². The molecule has 2 heterocycles. The fourth-order valence-corrected chi connectivity index (χ4v) is 3.29. The van der Waals surface area contributed by atoms with Crippen LogP contribution in [0.2, 0.25) is 0 Å². The quantitative estimate of drug-likeness (QED) is 0.355. The second-order valence-electron chi connectivity index (χ2n) is 6.50. The van der Waals surface area contributed by atoms with Crippen LogP contribution in [0.4, 0.5) is 0 Å². The molecule has 0 amide bonds. The molecular formula is C21H22N2O4S+2. The number of nitrogens with zero attached hydrogens (tertiary/aromatic N) is 2. The Morgan fingerprint density at radius 1 is 0.786 bits per heavy atom. The maximum absolute atomic E-state index is 12.4. The highest BCUT2D eigenvalue weighted by Gasteiger charge is 2.12. The summed E-state index contributed by atoms with van der Waals surface area (Å²) >= 11 is 0. The Morgan fingerprint density at radius 2 is 1.29 bits per heavy atom. The van der Waals surface area contributed by atoms with Crippen LogP contribution in [0.3, 0.4) is 0 Å². The Kier molecular flexibility index (Phi) is 6.28. The molecule has 1 N–H and O–H groups in total. The van der Waals surface area contributed by atoms with Crippen molar-refractivity contribution >= 4 is 15.9 Å². The highest BCUT2D eigenvalue weighted by molar-refractivity contribution is 7.85. The molecule has 28 heavy (non-hydrogen) atoms. The normalized spacial score (nSPS) is 11.3. The molecule has 3 aromatic rings. The summed E-state index contributed by atoms with van der Waals surface area (Å²) in [6, 6.07) is 16.5. The summed E-state index contributed by atoms with van der Waals surface area (Å²) in [5, 5.41) is 0. The topological polar surface area (TPSA) is 79.2 Å². The molecule has 0 aliphatic carbocycles. The zero-order valence-electron chi connectivity index (χ0n) is 15.3. The first kappa shape index (κ1) is 19.9. The fraction of sp³-hybridized carbons (Fsp3) is 0.190. The van der Waals surface area contributed by atoms with Gasteiger partial charge in [0.05, 0.1) is 5.75 Å². The molecular weight excluding hydrogens is 376 g/mol. The van der Waals surface area contributed by atoms with Crippen LogP contribution in [0.5, 0.6) is 0 Å². The number of hydrogen-bond donors (Lipinski definition) is 1. The van der Waals surface area contributed by atoms with Gasteiger partial charge < -0.3 is 0 Å². The van der Waals surface area contributed by atoms with E-state index in [1.165, 1.54) is 0 Å². The molecule has 0 atom stereocenters. The maximum atomic E-state index is 12.4. The van der Waals surface area contributed by atoms with Gasteiger partial charge in [-0.05, 0) is 12.0 Å². The Labute approximate surface area is 164 Å². The van der Waals surface area contributed by atoms with Crippen LogP contribution >= 0.6 is 0 Å². The summed E-state index contributed by atoms with van der Waals surface area (Å²) in [4.78, 5) is 12.4. The van der Waals surface area contributed by atoms with Gasteiger partial charge in [0.15, 0.2) is 30.6 Å². The van der Waals surface area contributed by atoms with Crippen LogP contribution < -0.4 is 9.13 Å². The predicted molar refractivity (Wildman–Crippen MR) is 103 cm³/mol. The number of aromatic nitrogens is 2. The molecule has 1 aromatic carbocycles. The van der Waals surface area contributed by atoms with Crippen LogP contribution in [0.15, 0.2) is 79.4 Å². The van der Waals surface area contributed by atoms with Crippen molar-refractivity contribution < 1.29 is 26.9 Å². The third-order valence-corrected chi connectivity index (χ3v) is 5.13. The van der Waals surface area contributed by atoms with Crippen LogP contribution in [0, 0.1) is 0 Å². The lowest BCUT2D eigenvalue weighted by molar-refractivity contribution is -0.778. The minimum atomic E-state index is -3.94. The number of rotatable bonds is 8. The van der Waals surface area contributed by atoms with Gasteiger partial charge in [-0.3, -0.25) is 9.35 Å². The first-order chi connectivity index (χ1) is 13.4. The molecule has 0 fully saturated rings. The van der Waals surface area contributed by atoms with Gasteiger partial charge in [0.25, 0.3) is 10.1 Å². The maximum Gasteiger partial charge on any atom is 0.265 e. The number of pyridine rings is 2. The van der Waals surface area contributed by atoms with Gasteiger partial charge in [0.2, 0.25) is 13.1 Å². The van der Waals surface area contributed by atoms with E-state index in [4.69, 9.17) is 4.55 Å². The second kappa shape index (κ2) is 8.86. The summed E-state index contributed by atoms with van der Waals surface area (Å²) in [5.41, 5.74) is 2.17. The highest BCUT2D eigenvalue weighted by Crippen LogP contribution is 2.07. The van der Waals surface area contributed by atoms with Gasteiger partial charge in [-0.15, -0.1) is 0 Å². The molecule has 3 rings (SSSR count). The van der Waals surface area contributed by atoms with Gasteiger partial charge in [0.1, 0.15) is 0 Å². The number of carbonyl (C=O) groups excluding carboxylic acids is 1. The Balaban J connectivity index is 1.55. The van der Waals surface area contributed by atoms with Crippen LogP contribution in [-0.4, -0.2) is 24.5 Å². The Bertz CT molecular complexity index is 1030. The van der Waals surface area contributed by atoms with Gasteiger partial charge in [0, 0.05) is 35.4 Å². The van der Waals surface area contributed by atoms with E-state index in [0.29, 0.717) is 11.1 Å². The summed E-state index contributed by atoms with van der Waals surface area (Å²) in [7, 11) is -3.94. The van der Waals surface area contributed by atoms with Crippen LogP contribution in [0.25, 0.3) is 0 Å². The molecule has 0 saturated carbocycles. The molecule has 0 bridgehead atoms. The molecule has 0 unspecified atom stereocenters. The van der Waals surface area contributed by atoms with Gasteiger partial charge in [-0.1, -0.05) is 30.3 Å².